The normalized spacial score (nSPS) is 11.9. The Balaban J connectivity index is 2.80. The lowest BCUT2D eigenvalue weighted by atomic mass is 10.2. The van der Waals surface area contributed by atoms with Crippen LogP contribution in [-0.4, -0.2) is 30.1 Å². The third-order valence-electron chi connectivity index (χ3n) is 2.62. The molecule has 3 N–H and O–H groups in total. The number of halogens is 3. The number of nitrogen functional groups attached to an aromatic ring is 1. The number of thiophene rings is 1. The molecule has 0 aliphatic rings. The van der Waals surface area contributed by atoms with Crippen LogP contribution in [0.3, 0.4) is 0 Å². The van der Waals surface area contributed by atoms with Crippen LogP contribution in [0, 0.1) is 6.92 Å². The van der Waals surface area contributed by atoms with E-state index in [1.54, 1.807) is 19.9 Å². The minimum absolute atomic E-state index is 0.163. The van der Waals surface area contributed by atoms with E-state index in [1.807, 2.05) is 5.43 Å². The predicted molar refractivity (Wildman–Crippen MR) is 67.7 cm³/mol. The number of hydrogen-bond donors (Lipinski definition) is 2. The molecule has 0 fully saturated rings. The molecule has 0 aromatic carbocycles. The van der Waals surface area contributed by atoms with Crippen LogP contribution in [0.1, 0.15) is 27.0 Å². The molecule has 0 atom stereocenters. The van der Waals surface area contributed by atoms with E-state index >= 15 is 0 Å². The van der Waals surface area contributed by atoms with E-state index in [9.17, 15) is 18.0 Å². The van der Waals surface area contributed by atoms with Crippen LogP contribution in [-0.2, 0) is 6.54 Å². The Bertz CT molecular complexity index is 445. The first-order valence-corrected chi connectivity index (χ1v) is 6.47. The summed E-state index contributed by atoms with van der Waals surface area (Å²) in [7, 11) is 0. The Kier molecular flexibility index (Phi) is 5.33. The maximum atomic E-state index is 12.4. The van der Waals surface area contributed by atoms with Crippen LogP contribution >= 0.6 is 11.3 Å². The first kappa shape index (κ1) is 15.9. The third-order valence-corrected chi connectivity index (χ3v) is 3.71. The average molecular weight is 295 g/mol. The Morgan fingerprint density at radius 1 is 1.53 bits per heavy atom. The molecule has 0 spiro atoms. The van der Waals surface area contributed by atoms with Crippen molar-refractivity contribution in [2.75, 3.05) is 13.1 Å². The van der Waals surface area contributed by atoms with Crippen LogP contribution in [0.25, 0.3) is 0 Å². The van der Waals surface area contributed by atoms with Crippen LogP contribution in [0.15, 0.2) is 6.07 Å². The van der Waals surface area contributed by atoms with E-state index in [0.29, 0.717) is 4.88 Å². The fourth-order valence-electron chi connectivity index (χ4n) is 1.63. The van der Waals surface area contributed by atoms with Gasteiger partial charge in [-0.15, -0.1) is 11.3 Å². The maximum absolute atomic E-state index is 12.4. The summed E-state index contributed by atoms with van der Waals surface area (Å²) in [5, 5.41) is 0. The van der Waals surface area contributed by atoms with Crippen LogP contribution in [0.5, 0.6) is 0 Å². The topological polar surface area (TPSA) is 58.4 Å². The molecule has 19 heavy (non-hydrogen) atoms. The third kappa shape index (κ3) is 4.81. The second kappa shape index (κ2) is 6.36. The maximum Gasteiger partial charge on any atom is 0.401 e. The molecule has 8 heteroatoms. The van der Waals surface area contributed by atoms with Gasteiger partial charge < -0.3 is 0 Å². The Morgan fingerprint density at radius 3 is 2.63 bits per heavy atom. The molecule has 4 nitrogen and oxygen atoms in total. The number of hydrazine groups is 1. The quantitative estimate of drug-likeness (QED) is 0.496. The van der Waals surface area contributed by atoms with Gasteiger partial charge in [-0.1, -0.05) is 6.92 Å². The van der Waals surface area contributed by atoms with Gasteiger partial charge in [0.15, 0.2) is 0 Å². The average Bonchev–Trinajstić information content (AvgIpc) is 2.67. The Morgan fingerprint density at radius 2 is 2.16 bits per heavy atom. The van der Waals surface area contributed by atoms with Gasteiger partial charge in [0.05, 0.1) is 11.4 Å². The van der Waals surface area contributed by atoms with E-state index in [1.165, 1.54) is 16.2 Å². The minimum atomic E-state index is -4.22. The van der Waals surface area contributed by atoms with Crippen molar-refractivity contribution in [2.24, 2.45) is 5.84 Å². The molecular formula is C11H16F3N3OS. The molecule has 0 unspecified atom stereocenters. The molecular weight excluding hydrogens is 279 g/mol. The summed E-state index contributed by atoms with van der Waals surface area (Å²) in [6.45, 7) is 2.93. The zero-order valence-electron chi connectivity index (χ0n) is 10.7. The van der Waals surface area contributed by atoms with Gasteiger partial charge >= 0.3 is 6.18 Å². The number of amides is 1. The van der Waals surface area contributed by atoms with E-state index in [4.69, 9.17) is 5.84 Å². The summed E-state index contributed by atoms with van der Waals surface area (Å²) in [4.78, 5) is 13.8. The van der Waals surface area contributed by atoms with Gasteiger partial charge in [-0.25, -0.2) is 5.84 Å². The molecule has 0 aliphatic carbocycles. The van der Waals surface area contributed by atoms with Crippen LogP contribution in [0.2, 0.25) is 0 Å². The first-order valence-electron chi connectivity index (χ1n) is 5.66. The molecule has 1 amide bonds. The van der Waals surface area contributed by atoms with Gasteiger partial charge in [-0.2, -0.15) is 13.2 Å². The number of alkyl halides is 3. The minimum Gasteiger partial charge on any atom is -0.291 e. The van der Waals surface area contributed by atoms with Crippen molar-refractivity contribution in [2.45, 2.75) is 26.6 Å². The van der Waals surface area contributed by atoms with Crippen molar-refractivity contribution in [3.05, 3.63) is 21.4 Å². The fourth-order valence-corrected chi connectivity index (χ4v) is 2.57. The summed E-state index contributed by atoms with van der Waals surface area (Å²) in [6.07, 6.45) is -4.22. The summed E-state index contributed by atoms with van der Waals surface area (Å²) in [5.74, 6) is 4.59. The Labute approximate surface area is 113 Å². The van der Waals surface area contributed by atoms with Crippen LogP contribution in [0.4, 0.5) is 13.2 Å². The molecule has 0 bridgehead atoms. The summed E-state index contributed by atoms with van der Waals surface area (Å²) >= 11 is 1.22. The van der Waals surface area contributed by atoms with Crippen molar-refractivity contribution in [1.29, 1.82) is 0 Å². The summed E-state index contributed by atoms with van der Waals surface area (Å²) in [5.41, 5.74) is 2.72. The van der Waals surface area contributed by atoms with Gasteiger partial charge in [0.1, 0.15) is 0 Å². The number of nitrogens with one attached hydrogen (secondary N) is 1. The van der Waals surface area contributed by atoms with Gasteiger partial charge in [0, 0.05) is 11.4 Å². The second-order valence-corrected chi connectivity index (χ2v) is 5.34. The smallest absolute Gasteiger partial charge is 0.291 e. The van der Waals surface area contributed by atoms with Gasteiger partial charge in [0.25, 0.3) is 5.91 Å². The monoisotopic (exact) mass is 295 g/mol. The molecule has 0 saturated carbocycles. The van der Waals surface area contributed by atoms with Crippen molar-refractivity contribution in [3.63, 3.8) is 0 Å². The number of hydrogen-bond acceptors (Lipinski definition) is 4. The number of nitrogens with zero attached hydrogens (tertiary/aromatic N) is 1. The van der Waals surface area contributed by atoms with Gasteiger partial charge in [-0.3, -0.25) is 15.1 Å². The molecule has 1 heterocycles. The highest BCUT2D eigenvalue weighted by Crippen LogP contribution is 2.24. The molecule has 108 valence electrons. The number of carbonyl (C=O) groups excluding carboxylic acids is 1. The lowest BCUT2D eigenvalue weighted by Gasteiger charge is -2.21. The van der Waals surface area contributed by atoms with Crippen molar-refractivity contribution in [3.8, 4) is 0 Å². The standard InChI is InChI=1S/C11H16F3N3OS/c1-3-17(6-11(12,13)14)5-8-4-9(10(18)16-15)19-7(8)2/h4H,3,5-6,15H2,1-2H3,(H,16,18). The Hall–Kier alpha value is -1.12. The second-order valence-electron chi connectivity index (χ2n) is 4.08. The van der Waals surface area contributed by atoms with Crippen molar-refractivity contribution in [1.82, 2.24) is 10.3 Å². The van der Waals surface area contributed by atoms with Crippen molar-refractivity contribution < 1.29 is 18.0 Å². The largest absolute Gasteiger partial charge is 0.401 e. The number of nitrogens with two attached hydrogens (primary N) is 1. The molecule has 0 aliphatic heterocycles. The highest BCUT2D eigenvalue weighted by molar-refractivity contribution is 7.14. The number of rotatable bonds is 5. The first-order chi connectivity index (χ1) is 8.76. The molecule has 1 aromatic heterocycles. The van der Waals surface area contributed by atoms with E-state index in [0.717, 1.165) is 10.4 Å². The van der Waals surface area contributed by atoms with Crippen LogP contribution < -0.4 is 11.3 Å². The lowest BCUT2D eigenvalue weighted by Crippen LogP contribution is -2.33. The van der Waals surface area contributed by atoms with Gasteiger partial charge in [-0.05, 0) is 25.1 Å². The molecule has 1 rings (SSSR count). The van der Waals surface area contributed by atoms with E-state index in [2.05, 4.69) is 0 Å². The number of aryl methyl sites for hydroxylation is 1. The highest BCUT2D eigenvalue weighted by Gasteiger charge is 2.30. The molecule has 0 saturated heterocycles. The SMILES string of the molecule is CCN(Cc1cc(C(=O)NN)sc1C)CC(F)(F)F. The zero-order chi connectivity index (χ0) is 14.6. The highest BCUT2D eigenvalue weighted by atomic mass is 32.1. The molecule has 1 aromatic rings. The number of carbonyl (C=O) groups is 1. The zero-order valence-corrected chi connectivity index (χ0v) is 11.5. The van der Waals surface area contributed by atoms with E-state index < -0.39 is 18.6 Å². The van der Waals surface area contributed by atoms with E-state index in [-0.39, 0.29) is 13.1 Å². The van der Waals surface area contributed by atoms with Gasteiger partial charge in [0.2, 0.25) is 0 Å². The summed E-state index contributed by atoms with van der Waals surface area (Å²) in [6, 6.07) is 1.58. The predicted octanol–water partition coefficient (Wildman–Crippen LogP) is 2.04. The lowest BCUT2D eigenvalue weighted by molar-refractivity contribution is -0.146. The summed E-state index contributed by atoms with van der Waals surface area (Å²) < 4.78 is 37.1. The molecule has 0 radical (unpaired) electrons. The fraction of sp³-hybridized carbons (Fsp3) is 0.545. The van der Waals surface area contributed by atoms with Crippen molar-refractivity contribution >= 4 is 17.2 Å².